The van der Waals surface area contributed by atoms with Crippen molar-refractivity contribution in [2.75, 3.05) is 19.5 Å². The second-order valence-electron chi connectivity index (χ2n) is 6.22. The van der Waals surface area contributed by atoms with Crippen LogP contribution in [0.2, 0.25) is 0 Å². The van der Waals surface area contributed by atoms with E-state index in [4.69, 9.17) is 14.2 Å². The number of esters is 1. The molecule has 3 aromatic rings. The number of rotatable bonds is 7. The topological polar surface area (TPSA) is 89.7 Å². The van der Waals surface area contributed by atoms with Crippen molar-refractivity contribution in [1.29, 1.82) is 0 Å². The van der Waals surface area contributed by atoms with Gasteiger partial charge in [0, 0.05) is 23.2 Å². The maximum atomic E-state index is 12.4. The molecule has 1 amide bonds. The molecule has 1 aromatic heterocycles. The lowest BCUT2D eigenvalue weighted by Gasteiger charge is -2.16. The van der Waals surface area contributed by atoms with Crippen LogP contribution >= 0.6 is 0 Å². The van der Waals surface area contributed by atoms with Crippen molar-refractivity contribution >= 4 is 28.5 Å². The number of aromatic nitrogens is 1. The number of benzene rings is 2. The largest absolute Gasteiger partial charge is 0.497 e. The van der Waals surface area contributed by atoms with Crippen molar-refractivity contribution in [3.8, 4) is 11.5 Å². The number of aromatic amines is 1. The molecule has 0 unspecified atom stereocenters. The predicted molar refractivity (Wildman–Crippen MR) is 106 cm³/mol. The fraction of sp³-hybridized carbons (Fsp3) is 0.238. The Morgan fingerprint density at radius 2 is 1.89 bits per heavy atom. The third-order valence-electron chi connectivity index (χ3n) is 4.35. The summed E-state index contributed by atoms with van der Waals surface area (Å²) in [6.07, 6.45) is 0.885. The summed E-state index contributed by atoms with van der Waals surface area (Å²) in [5.41, 5.74) is 2.20. The molecule has 7 heteroatoms. The summed E-state index contributed by atoms with van der Waals surface area (Å²) in [7, 11) is 3.03. The van der Waals surface area contributed by atoms with Crippen molar-refractivity contribution in [1.82, 2.24) is 4.98 Å². The van der Waals surface area contributed by atoms with Crippen molar-refractivity contribution in [2.45, 2.75) is 19.4 Å². The first-order valence-electron chi connectivity index (χ1n) is 8.79. The smallest absolute Gasteiger partial charge is 0.311 e. The van der Waals surface area contributed by atoms with Gasteiger partial charge in [0.2, 0.25) is 0 Å². The average molecular weight is 382 g/mol. The molecule has 2 aromatic carbocycles. The minimum Gasteiger partial charge on any atom is -0.497 e. The molecule has 0 aliphatic heterocycles. The van der Waals surface area contributed by atoms with Gasteiger partial charge in [0.25, 0.3) is 5.91 Å². The molecular formula is C21H22N2O5. The van der Waals surface area contributed by atoms with Crippen LogP contribution < -0.4 is 14.8 Å². The van der Waals surface area contributed by atoms with Crippen LogP contribution in [0.5, 0.6) is 11.5 Å². The molecule has 2 N–H and O–H groups in total. The number of anilines is 1. The first kappa shape index (κ1) is 19.3. The number of nitrogens with one attached hydrogen (secondary N) is 2. The molecule has 3 rings (SSSR count). The highest BCUT2D eigenvalue weighted by Crippen LogP contribution is 2.29. The average Bonchev–Trinajstić information content (AvgIpc) is 3.10. The van der Waals surface area contributed by atoms with Crippen LogP contribution in [0.3, 0.4) is 0 Å². The third kappa shape index (κ3) is 4.25. The quantitative estimate of drug-likeness (QED) is 0.612. The van der Waals surface area contributed by atoms with E-state index in [0.717, 1.165) is 16.5 Å². The lowest BCUT2D eigenvalue weighted by Crippen LogP contribution is -2.30. The van der Waals surface area contributed by atoms with E-state index >= 15 is 0 Å². The Balaban J connectivity index is 1.63. The summed E-state index contributed by atoms with van der Waals surface area (Å²) in [6, 6.07) is 12.7. The number of hydrogen-bond acceptors (Lipinski definition) is 5. The van der Waals surface area contributed by atoms with Gasteiger partial charge >= 0.3 is 5.97 Å². The monoisotopic (exact) mass is 382 g/mol. The Kier molecular flexibility index (Phi) is 5.84. The first-order chi connectivity index (χ1) is 13.5. The highest BCUT2D eigenvalue weighted by Gasteiger charge is 2.20. The zero-order chi connectivity index (χ0) is 20.1. The predicted octanol–water partition coefficient (Wildman–Crippen LogP) is 3.30. The van der Waals surface area contributed by atoms with E-state index in [1.807, 2.05) is 24.3 Å². The second kappa shape index (κ2) is 8.47. The van der Waals surface area contributed by atoms with Gasteiger partial charge in [-0.1, -0.05) is 18.2 Å². The van der Waals surface area contributed by atoms with Gasteiger partial charge in [-0.25, -0.2) is 0 Å². The van der Waals surface area contributed by atoms with Crippen LogP contribution in [0.4, 0.5) is 5.69 Å². The van der Waals surface area contributed by atoms with Crippen molar-refractivity contribution in [3.63, 3.8) is 0 Å². The summed E-state index contributed by atoms with van der Waals surface area (Å²) in [4.78, 5) is 27.8. The fourth-order valence-electron chi connectivity index (χ4n) is 2.87. The van der Waals surface area contributed by atoms with Crippen LogP contribution in [-0.4, -0.2) is 37.2 Å². The number of ether oxygens (including phenoxy) is 3. The van der Waals surface area contributed by atoms with Gasteiger partial charge in [-0.05, 0) is 30.7 Å². The standard InChI is InChI=1S/C21H22N2O5/c1-13(21(25)23-18-11-15(26-2)8-9-19(18)27-3)28-20(24)10-14-12-22-17-7-5-4-6-16(14)17/h4-9,11-13,22H,10H2,1-3H3,(H,23,25)/t13-/m1/s1. The van der Waals surface area contributed by atoms with Gasteiger partial charge in [0.05, 0.1) is 26.3 Å². The van der Waals surface area contributed by atoms with E-state index in [2.05, 4.69) is 10.3 Å². The fourth-order valence-corrected chi connectivity index (χ4v) is 2.87. The summed E-state index contributed by atoms with van der Waals surface area (Å²) in [5, 5.41) is 3.66. The Hall–Kier alpha value is -3.48. The number of para-hydroxylation sites is 1. The van der Waals surface area contributed by atoms with E-state index < -0.39 is 18.0 Å². The van der Waals surface area contributed by atoms with Crippen molar-refractivity contribution in [3.05, 3.63) is 54.2 Å². The number of amides is 1. The summed E-state index contributed by atoms with van der Waals surface area (Å²) < 4.78 is 15.7. The molecule has 146 valence electrons. The molecule has 0 fully saturated rings. The molecule has 7 nitrogen and oxygen atoms in total. The number of carbonyl (C=O) groups excluding carboxylic acids is 2. The summed E-state index contributed by atoms with van der Waals surface area (Å²) >= 11 is 0. The SMILES string of the molecule is COc1ccc(OC)c(NC(=O)[C@@H](C)OC(=O)Cc2c[nH]c3ccccc23)c1. The molecular weight excluding hydrogens is 360 g/mol. The Morgan fingerprint density at radius 3 is 2.64 bits per heavy atom. The van der Waals surface area contributed by atoms with Crippen LogP contribution in [0.1, 0.15) is 12.5 Å². The lowest BCUT2D eigenvalue weighted by atomic mass is 10.1. The molecule has 0 spiro atoms. The molecule has 0 aliphatic carbocycles. The van der Waals surface area contributed by atoms with Gasteiger partial charge in [-0.15, -0.1) is 0 Å². The number of hydrogen-bond donors (Lipinski definition) is 2. The number of fused-ring (bicyclic) bond motifs is 1. The van der Waals surface area contributed by atoms with E-state index in [1.54, 1.807) is 24.4 Å². The van der Waals surface area contributed by atoms with Crippen LogP contribution in [0.15, 0.2) is 48.7 Å². The minimum absolute atomic E-state index is 0.0735. The van der Waals surface area contributed by atoms with Crippen molar-refractivity contribution in [2.24, 2.45) is 0 Å². The number of H-pyrrole nitrogens is 1. The summed E-state index contributed by atoms with van der Waals surface area (Å²) in [6.45, 7) is 1.52. The lowest BCUT2D eigenvalue weighted by molar-refractivity contribution is -0.152. The van der Waals surface area contributed by atoms with Crippen LogP contribution in [0, 0.1) is 0 Å². The number of carbonyl (C=O) groups is 2. The van der Waals surface area contributed by atoms with Gasteiger partial charge < -0.3 is 24.5 Å². The molecule has 0 saturated carbocycles. The number of methoxy groups -OCH3 is 2. The van der Waals surface area contributed by atoms with Gasteiger partial charge in [0.1, 0.15) is 11.5 Å². The summed E-state index contributed by atoms with van der Waals surface area (Å²) in [5.74, 6) is 0.107. The van der Waals surface area contributed by atoms with Crippen molar-refractivity contribution < 1.29 is 23.8 Å². The Labute approximate surface area is 162 Å². The van der Waals surface area contributed by atoms with E-state index in [1.165, 1.54) is 21.1 Å². The van der Waals surface area contributed by atoms with Gasteiger partial charge in [-0.3, -0.25) is 9.59 Å². The van der Waals surface area contributed by atoms with E-state index in [-0.39, 0.29) is 6.42 Å². The second-order valence-corrected chi connectivity index (χ2v) is 6.22. The van der Waals surface area contributed by atoms with Crippen LogP contribution in [-0.2, 0) is 20.7 Å². The van der Waals surface area contributed by atoms with Crippen LogP contribution in [0.25, 0.3) is 10.9 Å². The maximum Gasteiger partial charge on any atom is 0.311 e. The highest BCUT2D eigenvalue weighted by molar-refractivity contribution is 5.97. The Morgan fingerprint density at radius 1 is 1.11 bits per heavy atom. The Bertz CT molecular complexity index is 995. The molecule has 0 radical (unpaired) electrons. The first-order valence-corrected chi connectivity index (χ1v) is 8.79. The zero-order valence-corrected chi connectivity index (χ0v) is 15.9. The third-order valence-corrected chi connectivity index (χ3v) is 4.35. The molecule has 0 bridgehead atoms. The maximum absolute atomic E-state index is 12.4. The van der Waals surface area contributed by atoms with Gasteiger partial charge in [-0.2, -0.15) is 0 Å². The minimum atomic E-state index is -0.964. The molecule has 0 saturated heterocycles. The highest BCUT2D eigenvalue weighted by atomic mass is 16.5. The molecule has 28 heavy (non-hydrogen) atoms. The zero-order valence-electron chi connectivity index (χ0n) is 15.9. The molecule has 0 aliphatic rings. The van der Waals surface area contributed by atoms with E-state index in [0.29, 0.717) is 17.2 Å². The van der Waals surface area contributed by atoms with E-state index in [9.17, 15) is 9.59 Å². The van der Waals surface area contributed by atoms with Gasteiger partial charge in [0.15, 0.2) is 6.10 Å². The normalized spacial score (nSPS) is 11.7. The molecule has 1 atom stereocenters. The molecule has 1 heterocycles.